The predicted octanol–water partition coefficient (Wildman–Crippen LogP) is 1.02. The molecule has 0 aromatic carbocycles. The largest absolute Gasteiger partial charge is 0.472 e. The highest BCUT2D eigenvalue weighted by molar-refractivity contribution is 7.07. The Kier molecular flexibility index (Phi) is 5.74. The Balaban J connectivity index is 2.70. The fourth-order valence-corrected chi connectivity index (χ4v) is 2.93. The van der Waals surface area contributed by atoms with Gasteiger partial charge in [0, 0.05) is 12.1 Å². The molecule has 0 amide bonds. The predicted molar refractivity (Wildman–Crippen MR) is 90.3 cm³/mol. The molecule has 0 aliphatic heterocycles. The van der Waals surface area contributed by atoms with Gasteiger partial charge in [0.15, 0.2) is 5.57 Å². The summed E-state index contributed by atoms with van der Waals surface area (Å²) in [6.07, 6.45) is 6.03. The quantitative estimate of drug-likeness (QED) is 0.598. The summed E-state index contributed by atoms with van der Waals surface area (Å²) in [6.45, 7) is 5.51. The fraction of sp³-hybridized carbons (Fsp3) is 0.176. The van der Waals surface area contributed by atoms with Gasteiger partial charge in [-0.3, -0.25) is 9.36 Å². The number of ether oxygens (including phenoxy) is 1. The van der Waals surface area contributed by atoms with E-state index in [0.29, 0.717) is 6.54 Å². The molecular formula is C17H14N2O4S. The molecule has 0 atom stereocenters. The molecule has 0 saturated heterocycles. The molecular weight excluding hydrogens is 328 g/mol. The minimum atomic E-state index is -0.786. The summed E-state index contributed by atoms with van der Waals surface area (Å²) >= 11 is 1.02. The van der Waals surface area contributed by atoms with Crippen molar-refractivity contribution < 1.29 is 13.9 Å². The number of rotatable bonds is 5. The van der Waals surface area contributed by atoms with Crippen LogP contribution >= 0.6 is 11.3 Å². The number of hydrogen-bond acceptors (Lipinski definition) is 6. The van der Waals surface area contributed by atoms with Crippen LogP contribution in [0.3, 0.4) is 0 Å². The summed E-state index contributed by atoms with van der Waals surface area (Å²) in [4.78, 5) is 24.4. The van der Waals surface area contributed by atoms with Crippen LogP contribution < -0.4 is 14.8 Å². The second-order valence-electron chi connectivity index (χ2n) is 4.51. The van der Waals surface area contributed by atoms with Crippen molar-refractivity contribution in [2.45, 2.75) is 13.5 Å². The van der Waals surface area contributed by atoms with Gasteiger partial charge >= 0.3 is 5.97 Å². The molecule has 0 N–H and O–H groups in total. The van der Waals surface area contributed by atoms with E-state index in [9.17, 15) is 14.9 Å². The lowest BCUT2D eigenvalue weighted by Gasteiger charge is -2.00. The summed E-state index contributed by atoms with van der Waals surface area (Å²) in [5.41, 5.74) is 3.10. The fourth-order valence-electron chi connectivity index (χ4n) is 1.87. The lowest BCUT2D eigenvalue weighted by atomic mass is 10.3. The Morgan fingerprint density at radius 2 is 2.38 bits per heavy atom. The van der Waals surface area contributed by atoms with Crippen molar-refractivity contribution in [1.82, 2.24) is 4.57 Å². The summed E-state index contributed by atoms with van der Waals surface area (Å²) < 4.78 is 11.7. The molecule has 0 fully saturated rings. The number of hydrogen-bond donors (Lipinski definition) is 0. The van der Waals surface area contributed by atoms with Crippen LogP contribution in [0.15, 0.2) is 40.5 Å². The molecule has 0 bridgehead atoms. The topological polar surface area (TPSA) is 85.2 Å². The normalized spacial score (nSPS) is 11.2. The van der Waals surface area contributed by atoms with E-state index in [2.05, 4.69) is 12.3 Å². The molecule has 2 rings (SSSR count). The number of furan rings is 1. The van der Waals surface area contributed by atoms with Crippen molar-refractivity contribution in [3.63, 3.8) is 0 Å². The second kappa shape index (κ2) is 7.97. The van der Waals surface area contributed by atoms with Crippen LogP contribution in [-0.4, -0.2) is 17.1 Å². The van der Waals surface area contributed by atoms with Crippen LogP contribution in [0.2, 0.25) is 0 Å². The van der Waals surface area contributed by atoms with E-state index in [1.165, 1.54) is 23.2 Å². The van der Waals surface area contributed by atoms with Gasteiger partial charge in [-0.05, 0) is 19.1 Å². The highest BCUT2D eigenvalue weighted by atomic mass is 32.1. The highest BCUT2D eigenvalue weighted by Gasteiger charge is 2.16. The zero-order chi connectivity index (χ0) is 17.5. The molecule has 2 heterocycles. The van der Waals surface area contributed by atoms with Gasteiger partial charge in [-0.1, -0.05) is 18.4 Å². The number of nitriles is 1. The van der Waals surface area contributed by atoms with E-state index in [-0.39, 0.29) is 26.9 Å². The Bertz CT molecular complexity index is 997. The van der Waals surface area contributed by atoms with Crippen LogP contribution in [0.5, 0.6) is 0 Å². The van der Waals surface area contributed by atoms with Crippen molar-refractivity contribution >= 4 is 34.7 Å². The van der Waals surface area contributed by atoms with E-state index in [0.717, 1.165) is 16.9 Å². The molecule has 2 aromatic heterocycles. The maximum atomic E-state index is 12.4. The molecule has 0 spiro atoms. The average molecular weight is 342 g/mol. The molecule has 0 unspecified atom stereocenters. The van der Waals surface area contributed by atoms with Gasteiger partial charge in [0.05, 0.1) is 12.5 Å². The Hall–Kier alpha value is -3.07. The number of carbonyl (C=O) groups excluding carboxylic acids is 1. The molecule has 24 heavy (non-hydrogen) atoms. The zero-order valence-corrected chi connectivity index (χ0v) is 13.8. The van der Waals surface area contributed by atoms with E-state index in [1.807, 2.05) is 6.07 Å². The Labute approximate surface area is 141 Å². The third-order valence-electron chi connectivity index (χ3n) is 2.97. The molecule has 0 aliphatic carbocycles. The van der Waals surface area contributed by atoms with Crippen molar-refractivity contribution in [3.05, 3.63) is 56.4 Å². The zero-order valence-electron chi connectivity index (χ0n) is 12.9. The number of nitrogens with zero attached hydrogens (tertiary/aromatic N) is 2. The molecule has 0 aliphatic rings. The van der Waals surface area contributed by atoms with Gasteiger partial charge in [-0.2, -0.15) is 5.26 Å². The van der Waals surface area contributed by atoms with E-state index >= 15 is 0 Å². The van der Waals surface area contributed by atoms with Crippen molar-refractivity contribution in [1.29, 1.82) is 5.26 Å². The molecule has 0 radical (unpaired) electrons. The molecule has 122 valence electrons. The van der Waals surface area contributed by atoms with Gasteiger partial charge in [-0.15, -0.1) is 11.3 Å². The summed E-state index contributed by atoms with van der Waals surface area (Å²) in [7, 11) is 0. The molecule has 0 saturated carbocycles. The van der Waals surface area contributed by atoms with Crippen molar-refractivity contribution in [2.24, 2.45) is 0 Å². The summed E-state index contributed by atoms with van der Waals surface area (Å²) in [5.74, 6) is -0.786. The number of carbonyl (C=O) groups is 1. The summed E-state index contributed by atoms with van der Waals surface area (Å²) in [6, 6.07) is 3.54. The van der Waals surface area contributed by atoms with Crippen molar-refractivity contribution in [3.8, 4) is 6.07 Å². The van der Waals surface area contributed by atoms with Gasteiger partial charge < -0.3 is 9.15 Å². The minimum absolute atomic E-state index is 0.00881. The SMILES string of the molecule is C=CCOC(=O)/C(C#N)=c1\sc(=C=Cc2ccoc2)c(=O)n1CC. The average Bonchev–Trinajstić information content (AvgIpc) is 3.20. The maximum absolute atomic E-state index is 12.4. The van der Waals surface area contributed by atoms with Gasteiger partial charge in [0.25, 0.3) is 5.56 Å². The van der Waals surface area contributed by atoms with Gasteiger partial charge in [0.1, 0.15) is 21.9 Å². The highest BCUT2D eigenvalue weighted by Crippen LogP contribution is 2.01. The van der Waals surface area contributed by atoms with Crippen LogP contribution in [0.4, 0.5) is 0 Å². The first-order valence-electron chi connectivity index (χ1n) is 7.03. The van der Waals surface area contributed by atoms with Gasteiger partial charge in [-0.25, -0.2) is 4.79 Å². The maximum Gasteiger partial charge on any atom is 0.352 e. The lowest BCUT2D eigenvalue weighted by Crippen LogP contribution is -2.32. The third kappa shape index (κ3) is 3.63. The van der Waals surface area contributed by atoms with E-state index < -0.39 is 5.97 Å². The first-order valence-corrected chi connectivity index (χ1v) is 7.85. The standard InChI is InChI=1S/C17H14N2O4S/c1-3-8-23-17(21)13(10-18)16-19(4-2)15(20)14(24-16)6-5-12-7-9-22-11-12/h3,5,7,9,11H,1,4,8H2,2H3/b16-13-. The van der Waals surface area contributed by atoms with E-state index in [1.54, 1.807) is 19.1 Å². The van der Waals surface area contributed by atoms with Crippen LogP contribution in [0, 0.1) is 11.3 Å². The lowest BCUT2D eigenvalue weighted by molar-refractivity contribution is -0.135. The monoisotopic (exact) mass is 342 g/mol. The minimum Gasteiger partial charge on any atom is -0.472 e. The summed E-state index contributed by atoms with van der Waals surface area (Å²) in [5, 5.41) is 9.29. The number of thiazole rings is 1. The smallest absolute Gasteiger partial charge is 0.352 e. The number of aromatic nitrogens is 1. The van der Waals surface area contributed by atoms with E-state index in [4.69, 9.17) is 9.15 Å². The van der Waals surface area contributed by atoms with Crippen LogP contribution in [0.25, 0.3) is 17.4 Å². The first-order chi connectivity index (χ1) is 11.6. The van der Waals surface area contributed by atoms with Gasteiger partial charge in [0.2, 0.25) is 0 Å². The van der Waals surface area contributed by atoms with Crippen LogP contribution in [-0.2, 0) is 16.1 Å². The number of esters is 1. The Morgan fingerprint density at radius 1 is 1.58 bits per heavy atom. The molecule has 7 heteroatoms. The van der Waals surface area contributed by atoms with Crippen molar-refractivity contribution in [2.75, 3.05) is 6.61 Å². The molecule has 2 aromatic rings. The second-order valence-corrected chi connectivity index (χ2v) is 5.50. The Morgan fingerprint density at radius 3 is 2.96 bits per heavy atom. The first kappa shape index (κ1) is 17.3. The third-order valence-corrected chi connectivity index (χ3v) is 4.09. The van der Waals surface area contributed by atoms with Crippen LogP contribution in [0.1, 0.15) is 12.5 Å². The molecule has 6 nitrogen and oxygen atoms in total.